The van der Waals surface area contributed by atoms with Crippen molar-refractivity contribution in [2.24, 2.45) is 0 Å². The molecule has 0 saturated carbocycles. The molecule has 1 unspecified atom stereocenters. The molecular weight excluding hydrogens is 240 g/mol. The van der Waals surface area contributed by atoms with Crippen LogP contribution in [0, 0.1) is 0 Å². The summed E-state index contributed by atoms with van der Waals surface area (Å²) in [6, 6.07) is 5.00. The highest BCUT2D eigenvalue weighted by Gasteiger charge is 2.43. The van der Waals surface area contributed by atoms with Crippen molar-refractivity contribution in [1.82, 2.24) is 5.32 Å². The second-order valence-electron chi connectivity index (χ2n) is 4.39. The maximum atomic E-state index is 13.9. The van der Waals surface area contributed by atoms with Gasteiger partial charge in [0.05, 0.1) is 26.7 Å². The monoisotopic (exact) mass is 257 g/mol. The molecule has 1 aliphatic heterocycles. The van der Waals surface area contributed by atoms with Crippen LogP contribution >= 0.6 is 0 Å². The number of alkyl halides is 2. The minimum atomic E-state index is -2.75. The number of rotatable bonds is 3. The van der Waals surface area contributed by atoms with Crippen LogP contribution in [0.2, 0.25) is 0 Å². The van der Waals surface area contributed by atoms with Crippen molar-refractivity contribution in [3.8, 4) is 11.5 Å². The maximum Gasteiger partial charge on any atom is 0.267 e. The number of nitrogens with one attached hydrogen (secondary N) is 1. The predicted octanol–water partition coefficient (Wildman–Crippen LogP) is 2.42. The molecule has 0 bridgehead atoms. The van der Waals surface area contributed by atoms with Crippen LogP contribution in [0.15, 0.2) is 18.2 Å². The van der Waals surface area contributed by atoms with E-state index in [1.165, 1.54) is 14.2 Å². The Balaban J connectivity index is 2.37. The molecule has 1 fully saturated rings. The molecule has 18 heavy (non-hydrogen) atoms. The van der Waals surface area contributed by atoms with Gasteiger partial charge in [-0.2, -0.15) is 0 Å². The van der Waals surface area contributed by atoms with Gasteiger partial charge < -0.3 is 14.8 Å². The number of halogens is 2. The molecule has 100 valence electrons. The van der Waals surface area contributed by atoms with E-state index in [0.29, 0.717) is 30.0 Å². The zero-order valence-corrected chi connectivity index (χ0v) is 10.5. The van der Waals surface area contributed by atoms with Gasteiger partial charge in [-0.15, -0.1) is 0 Å². The Bertz CT molecular complexity index is 423. The summed E-state index contributed by atoms with van der Waals surface area (Å²) < 4.78 is 38.1. The van der Waals surface area contributed by atoms with Crippen LogP contribution in [0.5, 0.6) is 11.5 Å². The molecule has 0 aromatic heterocycles. The van der Waals surface area contributed by atoms with E-state index in [1.54, 1.807) is 18.2 Å². The Hall–Kier alpha value is -1.36. The molecular formula is C13H17F2NO2. The van der Waals surface area contributed by atoms with Crippen molar-refractivity contribution >= 4 is 0 Å². The molecule has 1 N–H and O–H groups in total. The van der Waals surface area contributed by atoms with Crippen molar-refractivity contribution in [2.75, 3.05) is 27.3 Å². The van der Waals surface area contributed by atoms with Crippen molar-refractivity contribution in [1.29, 1.82) is 0 Å². The largest absolute Gasteiger partial charge is 0.497 e. The quantitative estimate of drug-likeness (QED) is 0.902. The Labute approximate surface area is 105 Å². The van der Waals surface area contributed by atoms with E-state index in [-0.39, 0.29) is 6.54 Å². The second-order valence-corrected chi connectivity index (χ2v) is 4.39. The number of benzene rings is 1. The van der Waals surface area contributed by atoms with E-state index in [4.69, 9.17) is 9.47 Å². The summed E-state index contributed by atoms with van der Waals surface area (Å²) in [6.07, 6.45) is 0.399. The Kier molecular flexibility index (Phi) is 3.71. The first-order valence-corrected chi connectivity index (χ1v) is 5.89. The van der Waals surface area contributed by atoms with E-state index < -0.39 is 11.8 Å². The second kappa shape index (κ2) is 5.10. The number of hydrogen-bond donors (Lipinski definition) is 1. The minimum Gasteiger partial charge on any atom is -0.497 e. The van der Waals surface area contributed by atoms with Crippen LogP contribution in [0.25, 0.3) is 0 Å². The Morgan fingerprint density at radius 2 is 2.06 bits per heavy atom. The highest BCUT2D eigenvalue weighted by molar-refractivity contribution is 5.43. The van der Waals surface area contributed by atoms with E-state index >= 15 is 0 Å². The average Bonchev–Trinajstić information content (AvgIpc) is 2.37. The standard InChI is InChI=1S/C13H17F2NO2/c1-17-9-3-4-10(12(7-9)18-2)11-5-6-16-8-13(11,14)15/h3-4,7,11,16H,5-6,8H2,1-2H3. The lowest BCUT2D eigenvalue weighted by molar-refractivity contribution is -0.0426. The fourth-order valence-corrected chi connectivity index (χ4v) is 2.33. The van der Waals surface area contributed by atoms with Gasteiger partial charge in [0.25, 0.3) is 5.92 Å². The topological polar surface area (TPSA) is 30.5 Å². The highest BCUT2D eigenvalue weighted by Crippen LogP contribution is 2.42. The van der Waals surface area contributed by atoms with Gasteiger partial charge in [-0.3, -0.25) is 0 Å². The molecule has 1 heterocycles. The summed E-state index contributed by atoms with van der Waals surface area (Å²) in [5.41, 5.74) is 0.546. The molecule has 0 amide bonds. The van der Waals surface area contributed by atoms with Gasteiger partial charge in [0.15, 0.2) is 0 Å². The third kappa shape index (κ3) is 2.41. The summed E-state index contributed by atoms with van der Waals surface area (Å²) >= 11 is 0. The first kappa shape index (κ1) is 13.1. The number of methoxy groups -OCH3 is 2. The molecule has 1 aliphatic rings. The highest BCUT2D eigenvalue weighted by atomic mass is 19.3. The predicted molar refractivity (Wildman–Crippen MR) is 64.7 cm³/mol. The molecule has 0 aliphatic carbocycles. The summed E-state index contributed by atoms with van der Waals surface area (Å²) in [5.74, 6) is -2.49. The molecule has 5 heteroatoms. The van der Waals surface area contributed by atoms with E-state index in [0.717, 1.165) is 0 Å². The lowest BCUT2D eigenvalue weighted by Crippen LogP contribution is -2.44. The van der Waals surface area contributed by atoms with Crippen molar-refractivity contribution in [3.05, 3.63) is 23.8 Å². The van der Waals surface area contributed by atoms with Gasteiger partial charge in [-0.25, -0.2) is 8.78 Å². The Morgan fingerprint density at radius 1 is 1.28 bits per heavy atom. The van der Waals surface area contributed by atoms with Gasteiger partial charge in [0.2, 0.25) is 0 Å². The van der Waals surface area contributed by atoms with Crippen LogP contribution in [0.4, 0.5) is 8.78 Å². The van der Waals surface area contributed by atoms with Crippen LogP contribution in [-0.4, -0.2) is 33.2 Å². The summed E-state index contributed by atoms with van der Waals surface area (Å²) in [7, 11) is 3.02. The average molecular weight is 257 g/mol. The molecule has 1 aromatic carbocycles. The molecule has 0 spiro atoms. The van der Waals surface area contributed by atoms with Gasteiger partial charge in [0, 0.05) is 11.6 Å². The van der Waals surface area contributed by atoms with Crippen molar-refractivity contribution < 1.29 is 18.3 Å². The lowest BCUT2D eigenvalue weighted by Gasteiger charge is -2.33. The summed E-state index contributed by atoms with van der Waals surface area (Å²) in [5, 5.41) is 2.72. The summed E-state index contributed by atoms with van der Waals surface area (Å²) in [6.45, 7) is 0.308. The number of ether oxygens (including phenoxy) is 2. The molecule has 1 aromatic rings. The van der Waals surface area contributed by atoms with Crippen molar-refractivity contribution in [3.63, 3.8) is 0 Å². The normalized spacial score (nSPS) is 22.6. The van der Waals surface area contributed by atoms with Gasteiger partial charge in [-0.1, -0.05) is 6.07 Å². The third-order valence-electron chi connectivity index (χ3n) is 3.30. The Morgan fingerprint density at radius 3 is 2.67 bits per heavy atom. The SMILES string of the molecule is COc1ccc(C2CCNCC2(F)F)c(OC)c1. The maximum absolute atomic E-state index is 13.9. The van der Waals surface area contributed by atoms with Crippen LogP contribution in [0.3, 0.4) is 0 Å². The lowest BCUT2D eigenvalue weighted by atomic mass is 9.86. The molecule has 2 rings (SSSR count). The van der Waals surface area contributed by atoms with Crippen LogP contribution in [0.1, 0.15) is 17.9 Å². The molecule has 1 saturated heterocycles. The summed E-state index contributed by atoms with van der Waals surface area (Å²) in [4.78, 5) is 0. The number of piperidine rings is 1. The van der Waals surface area contributed by atoms with Gasteiger partial charge in [-0.05, 0) is 19.0 Å². The smallest absolute Gasteiger partial charge is 0.267 e. The van der Waals surface area contributed by atoms with Crippen LogP contribution in [-0.2, 0) is 0 Å². The fourth-order valence-electron chi connectivity index (χ4n) is 2.33. The van der Waals surface area contributed by atoms with Crippen molar-refractivity contribution in [2.45, 2.75) is 18.3 Å². The molecule has 3 nitrogen and oxygen atoms in total. The van der Waals surface area contributed by atoms with E-state index in [9.17, 15) is 8.78 Å². The first-order valence-electron chi connectivity index (χ1n) is 5.89. The zero-order valence-electron chi connectivity index (χ0n) is 10.5. The molecule has 1 atom stereocenters. The first-order chi connectivity index (χ1) is 8.58. The third-order valence-corrected chi connectivity index (χ3v) is 3.30. The van der Waals surface area contributed by atoms with E-state index in [1.807, 2.05) is 0 Å². The molecule has 0 radical (unpaired) electrons. The fraction of sp³-hybridized carbons (Fsp3) is 0.538. The van der Waals surface area contributed by atoms with Gasteiger partial charge >= 0.3 is 0 Å². The van der Waals surface area contributed by atoms with E-state index in [2.05, 4.69) is 5.32 Å². The number of hydrogen-bond acceptors (Lipinski definition) is 3. The minimum absolute atomic E-state index is 0.285. The van der Waals surface area contributed by atoms with Crippen LogP contribution < -0.4 is 14.8 Å². The van der Waals surface area contributed by atoms with Gasteiger partial charge in [0.1, 0.15) is 11.5 Å². The zero-order chi connectivity index (χ0) is 13.2.